The van der Waals surface area contributed by atoms with Crippen LogP contribution in [0.5, 0.6) is 0 Å². The molecule has 0 radical (unpaired) electrons. The highest BCUT2D eigenvalue weighted by molar-refractivity contribution is 6.53. The molecular formula is C25H17Cl3F4N2O2. The molecule has 2 amide bonds. The summed E-state index contributed by atoms with van der Waals surface area (Å²) < 4.78 is 50.2. The van der Waals surface area contributed by atoms with Crippen LogP contribution in [0.4, 0.5) is 28.9 Å². The lowest BCUT2D eigenvalue weighted by molar-refractivity contribution is -0.137. The summed E-state index contributed by atoms with van der Waals surface area (Å²) in [6, 6.07) is 13.9. The largest absolute Gasteiger partial charge is 0.416 e. The fourth-order valence-corrected chi connectivity index (χ4v) is 4.92. The van der Waals surface area contributed by atoms with Crippen molar-refractivity contribution in [3.05, 3.63) is 94.3 Å². The zero-order valence-electron chi connectivity index (χ0n) is 18.4. The summed E-state index contributed by atoms with van der Waals surface area (Å²) in [5.74, 6) is -3.18. The summed E-state index contributed by atoms with van der Waals surface area (Å²) in [6.07, 6.45) is -4.49. The van der Waals surface area contributed by atoms with Gasteiger partial charge in [-0.15, -0.1) is 23.2 Å². The molecule has 2 atom stereocenters. The predicted molar refractivity (Wildman–Crippen MR) is 131 cm³/mol. The van der Waals surface area contributed by atoms with Crippen LogP contribution in [0.2, 0.25) is 5.02 Å². The molecule has 3 aromatic rings. The molecular weight excluding hydrogens is 543 g/mol. The lowest BCUT2D eigenvalue weighted by Gasteiger charge is -2.18. The number of nitrogens with one attached hydrogen (secondary N) is 1. The Morgan fingerprint density at radius 1 is 0.972 bits per heavy atom. The molecule has 4 rings (SSSR count). The van der Waals surface area contributed by atoms with Gasteiger partial charge in [0.25, 0.3) is 5.91 Å². The Kier molecular flexibility index (Phi) is 6.98. The standard InChI is InChI=1S/C25H17Cl3F4N2O2/c1-34(17-9-6-15(29)7-10-17)23(36)18-12-16(8-11-19(18)26)33-22(35)21-20(24(21,27)28)13-2-4-14(5-3-13)25(30,31)32/h2-12,20-21H,1H3,(H,33,35)/t20-,21+/m1/s1. The number of nitrogens with zero attached hydrogens (tertiary/aromatic N) is 1. The van der Waals surface area contributed by atoms with Crippen molar-refractivity contribution in [1.29, 1.82) is 0 Å². The minimum absolute atomic E-state index is 0.0828. The van der Waals surface area contributed by atoms with Crippen molar-refractivity contribution in [2.45, 2.75) is 16.4 Å². The maximum atomic E-state index is 13.2. The van der Waals surface area contributed by atoms with E-state index in [0.717, 1.165) is 12.1 Å². The van der Waals surface area contributed by atoms with Gasteiger partial charge >= 0.3 is 6.18 Å². The average Bonchev–Trinajstić information content (AvgIpc) is 3.41. The number of carbonyl (C=O) groups excluding carboxylic acids is 2. The lowest BCUT2D eigenvalue weighted by atomic mass is 10.1. The van der Waals surface area contributed by atoms with E-state index < -0.39 is 45.5 Å². The van der Waals surface area contributed by atoms with E-state index >= 15 is 0 Å². The Labute approximate surface area is 218 Å². The number of amides is 2. The van der Waals surface area contributed by atoms with Gasteiger partial charge in [0.2, 0.25) is 5.91 Å². The van der Waals surface area contributed by atoms with Crippen LogP contribution in [-0.2, 0) is 11.0 Å². The van der Waals surface area contributed by atoms with Gasteiger partial charge in [0.05, 0.1) is 22.1 Å². The number of alkyl halides is 5. The van der Waals surface area contributed by atoms with Gasteiger partial charge in [-0.2, -0.15) is 13.2 Å². The van der Waals surface area contributed by atoms with Crippen LogP contribution in [0.15, 0.2) is 66.7 Å². The van der Waals surface area contributed by atoms with Crippen LogP contribution in [-0.4, -0.2) is 23.2 Å². The Bertz CT molecular complexity index is 1310. The van der Waals surface area contributed by atoms with E-state index in [2.05, 4.69) is 5.32 Å². The first-order valence-corrected chi connectivity index (χ1v) is 11.6. The number of carbonyl (C=O) groups is 2. The summed E-state index contributed by atoms with van der Waals surface area (Å²) in [5, 5.41) is 2.77. The molecule has 0 saturated heterocycles. The third-order valence-corrected chi connectivity index (χ3v) is 7.19. The summed E-state index contributed by atoms with van der Waals surface area (Å²) in [5.41, 5.74) is 0.313. The van der Waals surface area contributed by atoms with E-state index in [1.807, 2.05) is 0 Å². The molecule has 11 heteroatoms. The van der Waals surface area contributed by atoms with Crippen molar-refractivity contribution in [3.8, 4) is 0 Å². The van der Waals surface area contributed by atoms with E-state index in [9.17, 15) is 27.2 Å². The fourth-order valence-electron chi connectivity index (χ4n) is 3.90. The van der Waals surface area contributed by atoms with Crippen molar-refractivity contribution in [3.63, 3.8) is 0 Å². The van der Waals surface area contributed by atoms with Crippen molar-refractivity contribution in [2.24, 2.45) is 5.92 Å². The molecule has 1 aliphatic carbocycles. The number of hydrogen-bond acceptors (Lipinski definition) is 2. The van der Waals surface area contributed by atoms with Crippen LogP contribution in [0.25, 0.3) is 0 Å². The van der Waals surface area contributed by atoms with Gasteiger partial charge in [-0.05, 0) is 60.2 Å². The van der Waals surface area contributed by atoms with Crippen molar-refractivity contribution in [1.82, 2.24) is 0 Å². The van der Waals surface area contributed by atoms with Gasteiger partial charge in [-0.3, -0.25) is 9.59 Å². The quantitative estimate of drug-likeness (QED) is 0.263. The van der Waals surface area contributed by atoms with E-state index in [4.69, 9.17) is 34.8 Å². The molecule has 0 spiro atoms. The van der Waals surface area contributed by atoms with E-state index in [1.54, 1.807) is 0 Å². The number of halogens is 7. The third kappa shape index (κ3) is 5.16. The molecule has 1 saturated carbocycles. The lowest BCUT2D eigenvalue weighted by Crippen LogP contribution is -2.26. The molecule has 0 heterocycles. The first-order valence-electron chi connectivity index (χ1n) is 10.5. The topological polar surface area (TPSA) is 49.4 Å². The third-order valence-electron chi connectivity index (χ3n) is 5.92. The molecule has 0 aliphatic heterocycles. The highest BCUT2D eigenvalue weighted by Gasteiger charge is 2.67. The predicted octanol–water partition coefficient (Wildman–Crippen LogP) is 7.30. The van der Waals surface area contributed by atoms with Gasteiger partial charge in [-0.1, -0.05) is 23.7 Å². The molecule has 4 nitrogen and oxygen atoms in total. The van der Waals surface area contributed by atoms with Gasteiger partial charge < -0.3 is 10.2 Å². The van der Waals surface area contributed by atoms with Crippen LogP contribution >= 0.6 is 34.8 Å². The Morgan fingerprint density at radius 3 is 2.17 bits per heavy atom. The van der Waals surface area contributed by atoms with Gasteiger partial charge in [-0.25, -0.2) is 4.39 Å². The molecule has 0 aromatic heterocycles. The molecule has 188 valence electrons. The second-order valence-electron chi connectivity index (χ2n) is 8.27. The van der Waals surface area contributed by atoms with E-state index in [1.165, 1.54) is 66.5 Å². The molecule has 3 aromatic carbocycles. The SMILES string of the molecule is CN(C(=O)c1cc(NC(=O)[C@@H]2[C@@H](c3ccc(C(F)(F)F)cc3)C2(Cl)Cl)ccc1Cl)c1ccc(F)cc1. The Balaban J connectivity index is 1.50. The smallest absolute Gasteiger partial charge is 0.326 e. The molecule has 1 aliphatic rings. The fraction of sp³-hybridized carbons (Fsp3) is 0.200. The molecule has 0 bridgehead atoms. The maximum absolute atomic E-state index is 13.2. The van der Waals surface area contributed by atoms with E-state index in [-0.39, 0.29) is 16.3 Å². The normalized spacial score (nSPS) is 18.4. The van der Waals surface area contributed by atoms with Crippen LogP contribution in [0, 0.1) is 11.7 Å². The Morgan fingerprint density at radius 2 is 1.58 bits per heavy atom. The number of rotatable bonds is 5. The van der Waals surface area contributed by atoms with Crippen LogP contribution < -0.4 is 10.2 Å². The molecule has 0 unspecified atom stereocenters. The number of benzene rings is 3. The second kappa shape index (κ2) is 9.57. The minimum atomic E-state index is -4.49. The van der Waals surface area contributed by atoms with E-state index in [0.29, 0.717) is 11.3 Å². The van der Waals surface area contributed by atoms with Gasteiger partial charge in [0, 0.05) is 24.3 Å². The first-order chi connectivity index (χ1) is 16.8. The maximum Gasteiger partial charge on any atom is 0.416 e. The minimum Gasteiger partial charge on any atom is -0.326 e. The number of anilines is 2. The summed E-state index contributed by atoms with van der Waals surface area (Å²) in [4.78, 5) is 27.2. The van der Waals surface area contributed by atoms with Crippen molar-refractivity contribution >= 4 is 58.0 Å². The number of hydrogen-bond donors (Lipinski definition) is 1. The Hall–Kier alpha value is -2.81. The zero-order chi connectivity index (χ0) is 26.4. The zero-order valence-corrected chi connectivity index (χ0v) is 20.7. The highest BCUT2D eigenvalue weighted by atomic mass is 35.5. The molecule has 1 N–H and O–H groups in total. The first kappa shape index (κ1) is 26.3. The summed E-state index contributed by atoms with van der Waals surface area (Å²) in [7, 11) is 1.49. The van der Waals surface area contributed by atoms with Crippen molar-refractivity contribution in [2.75, 3.05) is 17.3 Å². The highest BCUT2D eigenvalue weighted by Crippen LogP contribution is 2.65. The van der Waals surface area contributed by atoms with Crippen molar-refractivity contribution < 1.29 is 27.2 Å². The summed E-state index contributed by atoms with van der Waals surface area (Å²) >= 11 is 18.8. The summed E-state index contributed by atoms with van der Waals surface area (Å²) in [6.45, 7) is 0. The van der Waals surface area contributed by atoms with Crippen LogP contribution in [0.1, 0.15) is 27.4 Å². The monoisotopic (exact) mass is 558 g/mol. The molecule has 1 fully saturated rings. The van der Waals surface area contributed by atoms with Gasteiger partial charge in [0.1, 0.15) is 10.2 Å². The average molecular weight is 560 g/mol. The molecule has 36 heavy (non-hydrogen) atoms. The second-order valence-corrected chi connectivity index (χ2v) is 10.1. The van der Waals surface area contributed by atoms with Gasteiger partial charge in [0.15, 0.2) is 0 Å². The van der Waals surface area contributed by atoms with Crippen LogP contribution in [0.3, 0.4) is 0 Å².